The molecular weight excluding hydrogens is 230 g/mol. The number of aromatic nitrogens is 1. The van der Waals surface area contributed by atoms with E-state index in [0.29, 0.717) is 5.75 Å². The molecular formula is C14H17NO3. The van der Waals surface area contributed by atoms with Gasteiger partial charge in [0.05, 0.1) is 25.3 Å². The van der Waals surface area contributed by atoms with Crippen LogP contribution in [0.25, 0.3) is 10.9 Å². The minimum atomic E-state index is -0.598. The summed E-state index contributed by atoms with van der Waals surface area (Å²) < 4.78 is 12.5. The number of nitrogens with zero attached hydrogens (tertiary/aromatic N) is 1. The Morgan fingerprint density at radius 2 is 1.94 bits per heavy atom. The van der Waals surface area contributed by atoms with Crippen LogP contribution >= 0.6 is 0 Å². The molecule has 0 radical (unpaired) electrons. The lowest BCUT2D eigenvalue weighted by Gasteiger charge is -2.21. The van der Waals surface area contributed by atoms with Crippen LogP contribution in [0.2, 0.25) is 0 Å². The van der Waals surface area contributed by atoms with Crippen molar-refractivity contribution in [1.29, 1.82) is 0 Å². The lowest BCUT2D eigenvalue weighted by molar-refractivity contribution is -0.113. The molecule has 4 nitrogen and oxygen atoms in total. The van der Waals surface area contributed by atoms with Crippen LogP contribution in [0.15, 0.2) is 24.4 Å². The third kappa shape index (κ3) is 1.83. The molecule has 1 heterocycles. The molecule has 0 aliphatic heterocycles. The van der Waals surface area contributed by atoms with Crippen molar-refractivity contribution >= 4 is 17.2 Å². The summed E-state index contributed by atoms with van der Waals surface area (Å²) in [5, 5.41) is 0.966. The van der Waals surface area contributed by atoms with Crippen LogP contribution in [-0.4, -0.2) is 25.1 Å². The standard InChI is InChI=1S/C14H17NO3/c1-14(2,9-16)15-6-5-11-12(15)7-10(17-3)8-13(11)18-4/h5-9H,1-4H3. The van der Waals surface area contributed by atoms with Crippen molar-refractivity contribution in [3.8, 4) is 11.5 Å². The zero-order valence-corrected chi connectivity index (χ0v) is 11.1. The molecule has 0 spiro atoms. The summed E-state index contributed by atoms with van der Waals surface area (Å²) in [5.74, 6) is 1.45. The summed E-state index contributed by atoms with van der Waals surface area (Å²) in [6, 6.07) is 5.68. The number of carbonyl (C=O) groups excluding carboxylic acids is 1. The zero-order chi connectivity index (χ0) is 13.3. The molecule has 1 aromatic carbocycles. The highest BCUT2D eigenvalue weighted by Gasteiger charge is 2.22. The fourth-order valence-electron chi connectivity index (χ4n) is 2.03. The highest BCUT2D eigenvalue weighted by molar-refractivity contribution is 5.89. The second-order valence-corrected chi connectivity index (χ2v) is 4.72. The lowest BCUT2D eigenvalue weighted by atomic mass is 10.1. The Bertz CT molecular complexity index is 584. The van der Waals surface area contributed by atoms with Crippen LogP contribution < -0.4 is 9.47 Å². The molecule has 0 saturated carbocycles. The van der Waals surface area contributed by atoms with Gasteiger partial charge in [0.25, 0.3) is 0 Å². The van der Waals surface area contributed by atoms with E-state index in [1.54, 1.807) is 14.2 Å². The summed E-state index contributed by atoms with van der Waals surface area (Å²) >= 11 is 0. The maximum absolute atomic E-state index is 11.2. The van der Waals surface area contributed by atoms with E-state index in [-0.39, 0.29) is 0 Å². The summed E-state index contributed by atoms with van der Waals surface area (Å²) in [7, 11) is 3.23. The molecule has 18 heavy (non-hydrogen) atoms. The molecule has 96 valence electrons. The van der Waals surface area contributed by atoms with Gasteiger partial charge in [-0.2, -0.15) is 0 Å². The number of hydrogen-bond donors (Lipinski definition) is 0. The first-order chi connectivity index (χ1) is 8.53. The van der Waals surface area contributed by atoms with E-state index in [9.17, 15) is 4.79 Å². The van der Waals surface area contributed by atoms with Crippen molar-refractivity contribution in [1.82, 2.24) is 4.57 Å². The van der Waals surface area contributed by atoms with Crippen molar-refractivity contribution in [2.24, 2.45) is 0 Å². The predicted molar refractivity (Wildman–Crippen MR) is 70.4 cm³/mol. The van der Waals surface area contributed by atoms with Crippen molar-refractivity contribution in [2.75, 3.05) is 14.2 Å². The fraction of sp³-hybridized carbons (Fsp3) is 0.357. The molecule has 0 aliphatic carbocycles. The minimum Gasteiger partial charge on any atom is -0.497 e. The van der Waals surface area contributed by atoms with Gasteiger partial charge in [-0.3, -0.25) is 0 Å². The molecule has 0 saturated heterocycles. The molecule has 0 N–H and O–H groups in total. The van der Waals surface area contributed by atoms with E-state index in [2.05, 4.69) is 0 Å². The second-order valence-electron chi connectivity index (χ2n) is 4.72. The first kappa shape index (κ1) is 12.5. The van der Waals surface area contributed by atoms with Crippen molar-refractivity contribution in [3.05, 3.63) is 24.4 Å². The van der Waals surface area contributed by atoms with Crippen LogP contribution in [0.3, 0.4) is 0 Å². The van der Waals surface area contributed by atoms with E-state index in [0.717, 1.165) is 22.9 Å². The van der Waals surface area contributed by atoms with E-state index < -0.39 is 5.54 Å². The highest BCUT2D eigenvalue weighted by atomic mass is 16.5. The Morgan fingerprint density at radius 1 is 1.22 bits per heavy atom. The highest BCUT2D eigenvalue weighted by Crippen LogP contribution is 2.34. The molecule has 4 heteroatoms. The summed E-state index contributed by atoms with van der Waals surface area (Å²) in [6.45, 7) is 3.73. The van der Waals surface area contributed by atoms with Gasteiger partial charge < -0.3 is 18.8 Å². The predicted octanol–water partition coefficient (Wildman–Crippen LogP) is 2.59. The van der Waals surface area contributed by atoms with Gasteiger partial charge in [0.15, 0.2) is 0 Å². The quantitative estimate of drug-likeness (QED) is 0.780. The van der Waals surface area contributed by atoms with E-state index >= 15 is 0 Å². The first-order valence-electron chi connectivity index (χ1n) is 5.73. The molecule has 2 rings (SSSR count). The Morgan fingerprint density at radius 3 is 2.50 bits per heavy atom. The molecule has 0 amide bonds. The van der Waals surface area contributed by atoms with Gasteiger partial charge in [-0.25, -0.2) is 0 Å². The van der Waals surface area contributed by atoms with Gasteiger partial charge >= 0.3 is 0 Å². The van der Waals surface area contributed by atoms with E-state index in [1.165, 1.54) is 0 Å². The van der Waals surface area contributed by atoms with Crippen LogP contribution in [0.4, 0.5) is 0 Å². The summed E-state index contributed by atoms with van der Waals surface area (Å²) in [4.78, 5) is 11.2. The number of fused-ring (bicyclic) bond motifs is 1. The lowest BCUT2D eigenvalue weighted by Crippen LogP contribution is -2.26. The summed E-state index contributed by atoms with van der Waals surface area (Å²) in [6.07, 6.45) is 2.82. The number of rotatable bonds is 4. The smallest absolute Gasteiger partial charge is 0.145 e. The number of benzene rings is 1. The van der Waals surface area contributed by atoms with Crippen LogP contribution in [0, 0.1) is 0 Å². The third-order valence-corrected chi connectivity index (χ3v) is 3.11. The number of hydrogen-bond acceptors (Lipinski definition) is 3. The number of methoxy groups -OCH3 is 2. The maximum Gasteiger partial charge on any atom is 0.145 e. The van der Waals surface area contributed by atoms with Crippen molar-refractivity contribution < 1.29 is 14.3 Å². The van der Waals surface area contributed by atoms with E-state index in [1.807, 2.05) is 42.8 Å². The average Bonchev–Trinajstić information content (AvgIpc) is 2.81. The van der Waals surface area contributed by atoms with Crippen molar-refractivity contribution in [2.45, 2.75) is 19.4 Å². The monoisotopic (exact) mass is 247 g/mol. The molecule has 0 aliphatic rings. The van der Waals surface area contributed by atoms with Gasteiger partial charge in [0.2, 0.25) is 0 Å². The minimum absolute atomic E-state index is 0.598. The van der Waals surface area contributed by atoms with Gasteiger partial charge in [0, 0.05) is 23.7 Å². The van der Waals surface area contributed by atoms with E-state index in [4.69, 9.17) is 9.47 Å². The molecule has 0 unspecified atom stereocenters. The Balaban J connectivity index is 2.75. The SMILES string of the molecule is COc1cc(OC)c2ccn(C(C)(C)C=O)c2c1. The van der Waals surface area contributed by atoms with Crippen molar-refractivity contribution in [3.63, 3.8) is 0 Å². The average molecular weight is 247 g/mol. The van der Waals surface area contributed by atoms with Crippen LogP contribution in [0.5, 0.6) is 11.5 Å². The molecule has 0 atom stereocenters. The third-order valence-electron chi connectivity index (χ3n) is 3.11. The van der Waals surface area contributed by atoms with Crippen LogP contribution in [-0.2, 0) is 10.3 Å². The van der Waals surface area contributed by atoms with Gasteiger partial charge in [-0.15, -0.1) is 0 Å². The van der Waals surface area contributed by atoms with Gasteiger partial charge in [-0.1, -0.05) is 0 Å². The largest absolute Gasteiger partial charge is 0.497 e. The molecule has 0 fully saturated rings. The number of ether oxygens (including phenoxy) is 2. The van der Waals surface area contributed by atoms with Gasteiger partial charge in [0.1, 0.15) is 17.8 Å². The zero-order valence-electron chi connectivity index (χ0n) is 11.1. The first-order valence-corrected chi connectivity index (χ1v) is 5.73. The molecule has 2 aromatic rings. The normalized spacial score (nSPS) is 11.6. The Kier molecular flexibility index (Phi) is 3.03. The second kappa shape index (κ2) is 4.37. The fourth-order valence-corrected chi connectivity index (χ4v) is 2.03. The van der Waals surface area contributed by atoms with Gasteiger partial charge in [-0.05, 0) is 19.9 Å². The molecule has 0 bridgehead atoms. The summed E-state index contributed by atoms with van der Waals surface area (Å²) in [5.41, 5.74) is 0.322. The number of aldehydes is 1. The Labute approximate surface area is 106 Å². The van der Waals surface area contributed by atoms with Crippen LogP contribution in [0.1, 0.15) is 13.8 Å². The maximum atomic E-state index is 11.2. The topological polar surface area (TPSA) is 40.5 Å². The molecule has 1 aromatic heterocycles. The number of carbonyl (C=O) groups is 1. The Hall–Kier alpha value is -1.97.